The Balaban J connectivity index is 2.97. The van der Waals surface area contributed by atoms with Crippen molar-refractivity contribution in [1.82, 2.24) is 10.4 Å². The fraction of sp³-hybridized carbons (Fsp3) is 0.273. The number of hydrogen-bond donors (Lipinski definition) is 2. The molecule has 1 aromatic rings. The molecule has 0 heterocycles. The molecule has 7 heteroatoms. The molecule has 0 saturated carbocycles. The maximum atomic E-state index is 11.9. The van der Waals surface area contributed by atoms with E-state index in [2.05, 4.69) is 5.43 Å². The molecule has 1 rings (SSSR count). The molecule has 0 spiro atoms. The number of anilines is 1. The first-order valence-electron chi connectivity index (χ1n) is 5.13. The Morgan fingerprint density at radius 2 is 2.06 bits per heavy atom. The molecule has 0 saturated heterocycles. The molecule has 1 aromatic carbocycles. The van der Waals surface area contributed by atoms with Gasteiger partial charge in [-0.1, -0.05) is 17.7 Å². The van der Waals surface area contributed by atoms with Gasteiger partial charge in [0, 0.05) is 24.8 Å². The Morgan fingerprint density at radius 3 is 2.56 bits per heavy atom. The Bertz CT molecular complexity index is 451. The van der Waals surface area contributed by atoms with E-state index in [0.717, 1.165) is 4.90 Å². The van der Waals surface area contributed by atoms with Crippen molar-refractivity contribution in [1.29, 1.82) is 0 Å². The van der Waals surface area contributed by atoms with Gasteiger partial charge < -0.3 is 5.11 Å². The van der Waals surface area contributed by atoms with Crippen LogP contribution in [-0.2, 0) is 4.79 Å². The molecule has 2 amide bonds. The van der Waals surface area contributed by atoms with Crippen LogP contribution in [0.5, 0.6) is 0 Å². The van der Waals surface area contributed by atoms with Crippen LogP contribution in [-0.4, -0.2) is 42.8 Å². The monoisotopic (exact) mass is 271 g/mol. The minimum absolute atomic E-state index is 0.421. The SMILES string of the molecule is CN(C)NC(=O)N(CC(=O)O)c1cccc(Cl)c1. The molecule has 18 heavy (non-hydrogen) atoms. The smallest absolute Gasteiger partial charge is 0.336 e. The predicted molar refractivity (Wildman–Crippen MR) is 68.7 cm³/mol. The maximum absolute atomic E-state index is 11.9. The van der Waals surface area contributed by atoms with Crippen LogP contribution in [0.1, 0.15) is 0 Å². The predicted octanol–water partition coefficient (Wildman–Crippen LogP) is 1.42. The largest absolute Gasteiger partial charge is 0.480 e. The van der Waals surface area contributed by atoms with Gasteiger partial charge in [-0.05, 0) is 18.2 Å². The summed E-state index contributed by atoms with van der Waals surface area (Å²) < 4.78 is 0. The average molecular weight is 272 g/mol. The van der Waals surface area contributed by atoms with Crippen LogP contribution in [0.15, 0.2) is 24.3 Å². The van der Waals surface area contributed by atoms with Gasteiger partial charge in [-0.3, -0.25) is 15.1 Å². The van der Waals surface area contributed by atoms with Gasteiger partial charge in [0.25, 0.3) is 0 Å². The molecule has 0 radical (unpaired) electrons. The summed E-state index contributed by atoms with van der Waals surface area (Å²) in [4.78, 5) is 23.7. The van der Waals surface area contributed by atoms with E-state index in [4.69, 9.17) is 16.7 Å². The highest BCUT2D eigenvalue weighted by atomic mass is 35.5. The lowest BCUT2D eigenvalue weighted by atomic mass is 10.3. The fourth-order valence-corrected chi connectivity index (χ4v) is 1.50. The number of benzene rings is 1. The second kappa shape index (κ2) is 6.23. The zero-order valence-corrected chi connectivity index (χ0v) is 10.8. The van der Waals surface area contributed by atoms with Crippen molar-refractivity contribution in [3.8, 4) is 0 Å². The Labute approximate surface area is 110 Å². The number of carboxylic acids is 1. The zero-order valence-electron chi connectivity index (χ0n) is 10.1. The second-order valence-corrected chi connectivity index (χ2v) is 4.21. The van der Waals surface area contributed by atoms with Crippen molar-refractivity contribution in [2.24, 2.45) is 0 Å². The molecule has 0 aliphatic carbocycles. The summed E-state index contributed by atoms with van der Waals surface area (Å²) in [6.07, 6.45) is 0. The number of aliphatic carboxylic acids is 1. The minimum atomic E-state index is -1.11. The molecule has 2 N–H and O–H groups in total. The average Bonchev–Trinajstić information content (AvgIpc) is 2.24. The Kier molecular flexibility index (Phi) is 4.94. The summed E-state index contributed by atoms with van der Waals surface area (Å²) in [6.45, 7) is -0.444. The highest BCUT2D eigenvalue weighted by Crippen LogP contribution is 2.19. The van der Waals surface area contributed by atoms with Gasteiger partial charge >= 0.3 is 12.0 Å². The first-order chi connectivity index (χ1) is 8.40. The van der Waals surface area contributed by atoms with Gasteiger partial charge in [-0.15, -0.1) is 0 Å². The van der Waals surface area contributed by atoms with E-state index >= 15 is 0 Å². The minimum Gasteiger partial charge on any atom is -0.480 e. The third-order valence-electron chi connectivity index (χ3n) is 1.98. The molecule has 0 bridgehead atoms. The van der Waals surface area contributed by atoms with Crippen LogP contribution >= 0.6 is 11.6 Å². The van der Waals surface area contributed by atoms with Crippen molar-refractivity contribution in [2.45, 2.75) is 0 Å². The van der Waals surface area contributed by atoms with Gasteiger partial charge in [-0.2, -0.15) is 0 Å². The maximum Gasteiger partial charge on any atom is 0.336 e. The number of rotatable bonds is 4. The fourth-order valence-electron chi connectivity index (χ4n) is 1.31. The van der Waals surface area contributed by atoms with Crippen LogP contribution in [0.3, 0.4) is 0 Å². The van der Waals surface area contributed by atoms with Crippen LogP contribution in [0, 0.1) is 0 Å². The van der Waals surface area contributed by atoms with E-state index in [0.29, 0.717) is 10.7 Å². The molecule has 0 atom stereocenters. The van der Waals surface area contributed by atoms with E-state index < -0.39 is 18.5 Å². The third kappa shape index (κ3) is 4.23. The number of carbonyl (C=O) groups excluding carboxylic acids is 1. The highest BCUT2D eigenvalue weighted by Gasteiger charge is 2.19. The molecular formula is C11H14ClN3O3. The van der Waals surface area contributed by atoms with E-state index in [9.17, 15) is 9.59 Å². The van der Waals surface area contributed by atoms with Crippen molar-refractivity contribution >= 4 is 29.3 Å². The van der Waals surface area contributed by atoms with E-state index in [1.165, 1.54) is 11.1 Å². The first kappa shape index (κ1) is 14.3. The number of hydrazine groups is 1. The topological polar surface area (TPSA) is 72.9 Å². The molecule has 0 fully saturated rings. The lowest BCUT2D eigenvalue weighted by Gasteiger charge is -2.23. The molecular weight excluding hydrogens is 258 g/mol. The number of hydrogen-bond acceptors (Lipinski definition) is 3. The molecule has 0 aliphatic rings. The summed E-state index contributed by atoms with van der Waals surface area (Å²) in [5.74, 6) is -1.11. The van der Waals surface area contributed by atoms with Crippen LogP contribution in [0.4, 0.5) is 10.5 Å². The molecule has 0 aliphatic heterocycles. The van der Waals surface area contributed by atoms with E-state index in [1.54, 1.807) is 32.3 Å². The normalized spacial score (nSPS) is 10.2. The molecule has 0 unspecified atom stereocenters. The summed E-state index contributed by atoms with van der Waals surface area (Å²) in [6, 6.07) is 5.90. The van der Waals surface area contributed by atoms with E-state index in [-0.39, 0.29) is 0 Å². The number of carbonyl (C=O) groups is 2. The number of urea groups is 1. The number of halogens is 1. The van der Waals surface area contributed by atoms with E-state index in [1.807, 2.05) is 0 Å². The second-order valence-electron chi connectivity index (χ2n) is 3.77. The quantitative estimate of drug-likeness (QED) is 0.813. The van der Waals surface area contributed by atoms with Crippen molar-refractivity contribution in [3.05, 3.63) is 29.3 Å². The molecule has 6 nitrogen and oxygen atoms in total. The summed E-state index contributed by atoms with van der Waals surface area (Å²) in [5, 5.41) is 10.7. The van der Waals surface area contributed by atoms with Crippen LogP contribution in [0.2, 0.25) is 5.02 Å². The van der Waals surface area contributed by atoms with Gasteiger partial charge in [0.15, 0.2) is 0 Å². The lowest BCUT2D eigenvalue weighted by Crippen LogP contribution is -2.47. The summed E-state index contributed by atoms with van der Waals surface area (Å²) in [5.41, 5.74) is 2.90. The Morgan fingerprint density at radius 1 is 1.39 bits per heavy atom. The van der Waals surface area contributed by atoms with Crippen LogP contribution in [0.25, 0.3) is 0 Å². The lowest BCUT2D eigenvalue weighted by molar-refractivity contribution is -0.135. The highest BCUT2D eigenvalue weighted by molar-refractivity contribution is 6.30. The third-order valence-corrected chi connectivity index (χ3v) is 2.21. The van der Waals surface area contributed by atoms with Gasteiger partial charge in [0.2, 0.25) is 0 Å². The van der Waals surface area contributed by atoms with Gasteiger partial charge in [0.05, 0.1) is 0 Å². The standard InChI is InChI=1S/C11H14ClN3O3/c1-14(2)13-11(18)15(7-10(16)17)9-5-3-4-8(12)6-9/h3-6H,7H2,1-2H3,(H,13,18)(H,16,17). The zero-order chi connectivity index (χ0) is 13.7. The van der Waals surface area contributed by atoms with Crippen LogP contribution < -0.4 is 10.3 Å². The first-order valence-corrected chi connectivity index (χ1v) is 5.51. The number of amides is 2. The molecule has 98 valence electrons. The number of nitrogens with zero attached hydrogens (tertiary/aromatic N) is 2. The van der Waals surface area contributed by atoms with Crippen molar-refractivity contribution < 1.29 is 14.7 Å². The summed E-state index contributed by atoms with van der Waals surface area (Å²) in [7, 11) is 3.27. The van der Waals surface area contributed by atoms with Crippen molar-refractivity contribution in [3.63, 3.8) is 0 Å². The van der Waals surface area contributed by atoms with Gasteiger partial charge in [0.1, 0.15) is 6.54 Å². The summed E-state index contributed by atoms with van der Waals surface area (Å²) >= 11 is 5.82. The van der Waals surface area contributed by atoms with Gasteiger partial charge in [-0.25, -0.2) is 9.80 Å². The molecule has 0 aromatic heterocycles. The Hall–Kier alpha value is -1.79. The number of carboxylic acid groups (broad SMARTS) is 1. The number of nitrogens with one attached hydrogen (secondary N) is 1. The van der Waals surface area contributed by atoms with Crippen molar-refractivity contribution in [2.75, 3.05) is 25.5 Å².